The number of hydrogen-bond acceptors (Lipinski definition) is 4. The zero-order chi connectivity index (χ0) is 8.48. The third-order valence-electron chi connectivity index (χ3n) is 1.30. The molecule has 0 aromatic heterocycles. The summed E-state index contributed by atoms with van der Waals surface area (Å²) in [4.78, 5) is 10.9. The van der Waals surface area contributed by atoms with Crippen molar-refractivity contribution in [3.8, 4) is 0 Å². The lowest BCUT2D eigenvalue weighted by molar-refractivity contribution is -0.162. The Labute approximate surface area is 65.1 Å². The predicted molar refractivity (Wildman–Crippen MR) is 37.0 cm³/mol. The van der Waals surface area contributed by atoms with Gasteiger partial charge in [-0.3, -0.25) is 0 Å². The molecule has 11 heavy (non-hydrogen) atoms. The molecule has 1 N–H and O–H groups in total. The monoisotopic (exact) mass is 160 g/mol. The minimum absolute atomic E-state index is 0.0568. The Hall–Kier alpha value is -0.610. The van der Waals surface area contributed by atoms with E-state index in [1.165, 1.54) is 13.8 Å². The first-order valence-electron chi connectivity index (χ1n) is 3.51. The molecule has 1 aliphatic rings. The summed E-state index contributed by atoms with van der Waals surface area (Å²) in [5, 5.41) is 9.10. The summed E-state index contributed by atoms with van der Waals surface area (Å²) < 4.78 is 9.53. The average Bonchev–Trinajstić information content (AvgIpc) is 2.62. The molecule has 0 aromatic carbocycles. The second-order valence-corrected chi connectivity index (χ2v) is 3.11. The van der Waals surface area contributed by atoms with Gasteiger partial charge in [0.2, 0.25) is 0 Å². The Kier molecular flexibility index (Phi) is 2.15. The van der Waals surface area contributed by atoms with Gasteiger partial charge in [-0.1, -0.05) is 0 Å². The third kappa shape index (κ3) is 2.86. The van der Waals surface area contributed by atoms with Crippen LogP contribution in [0.25, 0.3) is 0 Å². The number of hydrogen-bond donors (Lipinski definition) is 1. The van der Waals surface area contributed by atoms with Crippen molar-refractivity contribution in [1.29, 1.82) is 0 Å². The first-order valence-corrected chi connectivity index (χ1v) is 3.51. The van der Waals surface area contributed by atoms with Crippen LogP contribution in [0.5, 0.6) is 0 Å². The van der Waals surface area contributed by atoms with Crippen molar-refractivity contribution >= 4 is 5.97 Å². The maximum atomic E-state index is 10.9. The van der Waals surface area contributed by atoms with Crippen LogP contribution in [0.1, 0.15) is 13.8 Å². The van der Waals surface area contributed by atoms with E-state index in [9.17, 15) is 4.79 Å². The summed E-state index contributed by atoms with van der Waals surface area (Å²) in [5.41, 5.74) is -1.39. The van der Waals surface area contributed by atoms with Gasteiger partial charge in [-0.05, 0) is 13.8 Å². The highest BCUT2D eigenvalue weighted by molar-refractivity contribution is 5.78. The van der Waals surface area contributed by atoms with E-state index in [-0.39, 0.29) is 12.7 Å². The molecule has 4 heteroatoms. The number of carbonyl (C=O) groups excluding carboxylic acids is 1. The number of aliphatic hydroxyl groups is 1. The van der Waals surface area contributed by atoms with E-state index in [1.54, 1.807) is 0 Å². The molecule has 1 rings (SSSR count). The van der Waals surface area contributed by atoms with Crippen LogP contribution in [0.4, 0.5) is 0 Å². The SMILES string of the molecule is CC(C)(O)C(=O)OCC1CO1. The van der Waals surface area contributed by atoms with Crippen LogP contribution < -0.4 is 0 Å². The van der Waals surface area contributed by atoms with Gasteiger partial charge in [0.05, 0.1) is 6.61 Å². The van der Waals surface area contributed by atoms with E-state index in [0.29, 0.717) is 6.61 Å². The van der Waals surface area contributed by atoms with E-state index >= 15 is 0 Å². The molecule has 0 saturated carbocycles. The van der Waals surface area contributed by atoms with E-state index in [0.717, 1.165) is 0 Å². The highest BCUT2D eigenvalue weighted by Gasteiger charge is 2.29. The quantitative estimate of drug-likeness (QED) is 0.455. The summed E-state index contributed by atoms with van der Waals surface area (Å²) in [7, 11) is 0. The van der Waals surface area contributed by atoms with Crippen LogP contribution >= 0.6 is 0 Å². The van der Waals surface area contributed by atoms with Gasteiger partial charge in [-0.25, -0.2) is 4.79 Å². The van der Waals surface area contributed by atoms with E-state index in [4.69, 9.17) is 14.6 Å². The summed E-state index contributed by atoms with van der Waals surface area (Å²) >= 11 is 0. The van der Waals surface area contributed by atoms with Crippen molar-refractivity contribution in [3.05, 3.63) is 0 Å². The molecule has 0 radical (unpaired) electrons. The fourth-order valence-electron chi connectivity index (χ4n) is 0.510. The lowest BCUT2D eigenvalue weighted by atomic mass is 10.1. The molecular formula is C7H12O4. The van der Waals surface area contributed by atoms with Crippen LogP contribution in [0.3, 0.4) is 0 Å². The van der Waals surface area contributed by atoms with Gasteiger partial charge in [-0.2, -0.15) is 0 Å². The second-order valence-electron chi connectivity index (χ2n) is 3.11. The molecule has 64 valence electrons. The molecule has 0 amide bonds. The van der Waals surface area contributed by atoms with Crippen molar-refractivity contribution < 1.29 is 19.4 Å². The summed E-state index contributed by atoms with van der Waals surface area (Å²) in [6.07, 6.45) is 0.0568. The lowest BCUT2D eigenvalue weighted by Gasteiger charge is -2.14. The van der Waals surface area contributed by atoms with Crippen molar-refractivity contribution in [3.63, 3.8) is 0 Å². The molecule has 0 aliphatic carbocycles. The first-order chi connectivity index (χ1) is 5.00. The Morgan fingerprint density at radius 2 is 2.36 bits per heavy atom. The number of ether oxygens (including phenoxy) is 2. The van der Waals surface area contributed by atoms with Gasteiger partial charge in [-0.15, -0.1) is 0 Å². The minimum atomic E-state index is -1.39. The molecular weight excluding hydrogens is 148 g/mol. The van der Waals surface area contributed by atoms with Crippen molar-refractivity contribution in [2.24, 2.45) is 0 Å². The number of rotatable bonds is 3. The molecule has 0 spiro atoms. The Morgan fingerprint density at radius 3 is 2.73 bits per heavy atom. The van der Waals surface area contributed by atoms with Gasteiger partial charge in [0.1, 0.15) is 12.7 Å². The van der Waals surface area contributed by atoms with Crippen LogP contribution in [-0.4, -0.2) is 36.0 Å². The zero-order valence-corrected chi connectivity index (χ0v) is 6.66. The molecule has 0 bridgehead atoms. The van der Waals surface area contributed by atoms with Gasteiger partial charge in [0.25, 0.3) is 0 Å². The smallest absolute Gasteiger partial charge is 0.337 e. The van der Waals surface area contributed by atoms with Crippen molar-refractivity contribution in [2.75, 3.05) is 13.2 Å². The van der Waals surface area contributed by atoms with E-state index < -0.39 is 11.6 Å². The normalized spacial score (nSPS) is 23.0. The molecule has 1 fully saturated rings. The first kappa shape index (κ1) is 8.49. The van der Waals surface area contributed by atoms with Gasteiger partial charge >= 0.3 is 5.97 Å². The third-order valence-corrected chi connectivity index (χ3v) is 1.30. The molecule has 1 heterocycles. The summed E-state index contributed by atoms with van der Waals surface area (Å²) in [6.45, 7) is 3.69. The molecule has 4 nitrogen and oxygen atoms in total. The standard InChI is InChI=1S/C7H12O4/c1-7(2,9)6(8)11-4-5-3-10-5/h5,9H,3-4H2,1-2H3. The summed E-state index contributed by atoms with van der Waals surface area (Å²) in [5.74, 6) is -0.604. The van der Waals surface area contributed by atoms with Gasteiger partial charge in [0, 0.05) is 0 Å². The molecule has 1 atom stereocenters. The van der Waals surface area contributed by atoms with Crippen molar-refractivity contribution in [1.82, 2.24) is 0 Å². The Morgan fingerprint density at radius 1 is 1.82 bits per heavy atom. The summed E-state index contributed by atoms with van der Waals surface area (Å²) in [6, 6.07) is 0. The van der Waals surface area contributed by atoms with Crippen LogP contribution in [0.2, 0.25) is 0 Å². The molecule has 0 aromatic rings. The minimum Gasteiger partial charge on any atom is -0.461 e. The maximum absolute atomic E-state index is 10.9. The van der Waals surface area contributed by atoms with Gasteiger partial charge < -0.3 is 14.6 Å². The molecule has 1 saturated heterocycles. The van der Waals surface area contributed by atoms with Gasteiger partial charge in [0.15, 0.2) is 5.60 Å². The maximum Gasteiger partial charge on any atom is 0.337 e. The fraction of sp³-hybridized carbons (Fsp3) is 0.857. The number of esters is 1. The largest absolute Gasteiger partial charge is 0.461 e. The van der Waals surface area contributed by atoms with Crippen LogP contribution in [0.15, 0.2) is 0 Å². The van der Waals surface area contributed by atoms with Crippen LogP contribution in [-0.2, 0) is 14.3 Å². The lowest BCUT2D eigenvalue weighted by Crippen LogP contribution is -2.33. The highest BCUT2D eigenvalue weighted by Crippen LogP contribution is 2.11. The van der Waals surface area contributed by atoms with Crippen molar-refractivity contribution in [2.45, 2.75) is 25.6 Å². The topological polar surface area (TPSA) is 59.1 Å². The second kappa shape index (κ2) is 2.79. The van der Waals surface area contributed by atoms with Crippen LogP contribution in [0, 0.1) is 0 Å². The van der Waals surface area contributed by atoms with E-state index in [1.807, 2.05) is 0 Å². The predicted octanol–water partition coefficient (Wildman–Crippen LogP) is -0.301. The molecule has 1 unspecified atom stereocenters. The number of epoxide rings is 1. The Balaban J connectivity index is 2.19. The number of carbonyl (C=O) groups is 1. The average molecular weight is 160 g/mol. The molecule has 1 aliphatic heterocycles. The van der Waals surface area contributed by atoms with E-state index in [2.05, 4.69) is 0 Å². The Bertz CT molecular complexity index is 154. The fourth-order valence-corrected chi connectivity index (χ4v) is 0.510. The highest BCUT2D eigenvalue weighted by atomic mass is 16.6. The zero-order valence-electron chi connectivity index (χ0n) is 6.66.